The minimum absolute atomic E-state index is 0.0424. The van der Waals surface area contributed by atoms with E-state index >= 15 is 0 Å². The quantitative estimate of drug-likeness (QED) is 0.889. The van der Waals surface area contributed by atoms with Crippen molar-refractivity contribution in [1.82, 2.24) is 0 Å². The Kier molecular flexibility index (Phi) is 3.68. The van der Waals surface area contributed by atoms with Crippen LogP contribution in [-0.2, 0) is 0 Å². The monoisotopic (exact) mass is 241 g/mol. The van der Waals surface area contributed by atoms with Crippen molar-refractivity contribution in [1.29, 1.82) is 0 Å². The first kappa shape index (κ1) is 12.7. The molecule has 0 saturated carbocycles. The summed E-state index contributed by atoms with van der Waals surface area (Å²) in [5.74, 6) is 0.891. The van der Waals surface area contributed by atoms with Gasteiger partial charge in [-0.2, -0.15) is 0 Å². The van der Waals surface area contributed by atoms with E-state index in [0.29, 0.717) is 0 Å². The molecule has 0 heterocycles. The molecule has 1 atom stereocenters. The molecule has 2 heteroatoms. The van der Waals surface area contributed by atoms with Crippen LogP contribution in [0, 0.1) is 6.92 Å². The molecule has 2 aromatic carbocycles. The van der Waals surface area contributed by atoms with E-state index in [-0.39, 0.29) is 6.04 Å². The third kappa shape index (κ3) is 2.54. The Balaban J connectivity index is 2.54. The van der Waals surface area contributed by atoms with Crippen molar-refractivity contribution in [3.05, 3.63) is 53.6 Å². The number of methoxy groups -OCH3 is 1. The van der Waals surface area contributed by atoms with E-state index in [9.17, 15) is 0 Å². The number of hydrogen-bond donors (Lipinski definition) is 1. The molecule has 0 spiro atoms. The zero-order valence-corrected chi connectivity index (χ0v) is 11.1. The van der Waals surface area contributed by atoms with Crippen molar-refractivity contribution in [3.8, 4) is 16.9 Å². The molecule has 0 radical (unpaired) electrons. The molecule has 1 unspecified atom stereocenters. The summed E-state index contributed by atoms with van der Waals surface area (Å²) in [6, 6.07) is 14.5. The molecular formula is C16H19NO. The van der Waals surface area contributed by atoms with Crippen LogP contribution in [0.15, 0.2) is 42.5 Å². The molecule has 2 nitrogen and oxygen atoms in total. The lowest BCUT2D eigenvalue weighted by atomic mass is 9.98. The molecule has 0 aromatic heterocycles. The predicted octanol–water partition coefficient (Wildman–Crippen LogP) is 3.69. The highest BCUT2D eigenvalue weighted by atomic mass is 16.5. The molecule has 0 saturated heterocycles. The summed E-state index contributed by atoms with van der Waals surface area (Å²) in [6.45, 7) is 4.07. The minimum Gasteiger partial charge on any atom is -0.496 e. The number of ether oxygens (including phenoxy) is 1. The van der Waals surface area contributed by atoms with Gasteiger partial charge in [-0.05, 0) is 43.2 Å². The van der Waals surface area contributed by atoms with Crippen LogP contribution in [0.4, 0.5) is 0 Å². The molecule has 0 aliphatic heterocycles. The summed E-state index contributed by atoms with van der Waals surface area (Å²) in [7, 11) is 1.70. The predicted molar refractivity (Wildman–Crippen MR) is 75.8 cm³/mol. The van der Waals surface area contributed by atoms with Gasteiger partial charge < -0.3 is 10.5 Å². The first-order valence-electron chi connectivity index (χ1n) is 6.12. The van der Waals surface area contributed by atoms with Gasteiger partial charge in [-0.15, -0.1) is 0 Å². The Hall–Kier alpha value is -1.80. The molecule has 0 aliphatic rings. The standard InChI is InChI=1S/C16H19NO/c1-11-7-8-16(18-3)15(9-11)14-6-4-5-13(10-14)12(2)17/h4-10,12H,17H2,1-3H3. The fourth-order valence-corrected chi connectivity index (χ4v) is 2.04. The number of nitrogens with two attached hydrogens (primary N) is 1. The lowest BCUT2D eigenvalue weighted by Crippen LogP contribution is -2.04. The smallest absolute Gasteiger partial charge is 0.126 e. The van der Waals surface area contributed by atoms with E-state index in [2.05, 4.69) is 37.3 Å². The minimum atomic E-state index is 0.0424. The number of aryl methyl sites for hydroxylation is 1. The number of benzene rings is 2. The zero-order chi connectivity index (χ0) is 13.1. The average Bonchev–Trinajstić information content (AvgIpc) is 2.39. The Morgan fingerprint density at radius 3 is 2.56 bits per heavy atom. The summed E-state index contributed by atoms with van der Waals surface area (Å²) in [4.78, 5) is 0. The fraction of sp³-hybridized carbons (Fsp3) is 0.250. The van der Waals surface area contributed by atoms with Gasteiger partial charge in [-0.25, -0.2) is 0 Å². The van der Waals surface area contributed by atoms with Crippen molar-refractivity contribution in [2.24, 2.45) is 5.73 Å². The normalized spacial score (nSPS) is 12.2. The van der Waals surface area contributed by atoms with Gasteiger partial charge in [-0.1, -0.05) is 29.8 Å². The molecule has 2 aromatic rings. The second-order valence-corrected chi connectivity index (χ2v) is 4.62. The molecule has 0 amide bonds. The van der Waals surface area contributed by atoms with E-state index in [1.165, 1.54) is 5.56 Å². The van der Waals surface area contributed by atoms with Crippen LogP contribution in [0.1, 0.15) is 24.1 Å². The largest absolute Gasteiger partial charge is 0.496 e. The maximum atomic E-state index is 5.93. The highest BCUT2D eigenvalue weighted by molar-refractivity contribution is 5.71. The first-order chi connectivity index (χ1) is 8.61. The fourth-order valence-electron chi connectivity index (χ4n) is 2.04. The topological polar surface area (TPSA) is 35.2 Å². The lowest BCUT2D eigenvalue weighted by molar-refractivity contribution is 0.416. The maximum absolute atomic E-state index is 5.93. The van der Waals surface area contributed by atoms with Crippen LogP contribution in [-0.4, -0.2) is 7.11 Å². The maximum Gasteiger partial charge on any atom is 0.126 e. The Labute approximate surface area is 108 Å². The summed E-state index contributed by atoms with van der Waals surface area (Å²) in [5, 5.41) is 0. The highest BCUT2D eigenvalue weighted by Gasteiger charge is 2.07. The SMILES string of the molecule is COc1ccc(C)cc1-c1cccc(C(C)N)c1. The molecular weight excluding hydrogens is 222 g/mol. The number of hydrogen-bond acceptors (Lipinski definition) is 2. The van der Waals surface area contributed by atoms with Crippen molar-refractivity contribution < 1.29 is 4.74 Å². The summed E-state index contributed by atoms with van der Waals surface area (Å²) < 4.78 is 5.42. The summed E-state index contributed by atoms with van der Waals surface area (Å²) in [5.41, 5.74) is 10.5. The van der Waals surface area contributed by atoms with E-state index in [1.54, 1.807) is 7.11 Å². The van der Waals surface area contributed by atoms with Gasteiger partial charge in [0.2, 0.25) is 0 Å². The molecule has 18 heavy (non-hydrogen) atoms. The van der Waals surface area contributed by atoms with Crippen LogP contribution < -0.4 is 10.5 Å². The number of rotatable bonds is 3. The molecule has 94 valence electrons. The van der Waals surface area contributed by atoms with Gasteiger partial charge in [-0.3, -0.25) is 0 Å². The first-order valence-corrected chi connectivity index (χ1v) is 6.12. The third-order valence-corrected chi connectivity index (χ3v) is 3.08. The average molecular weight is 241 g/mol. The summed E-state index contributed by atoms with van der Waals surface area (Å²) >= 11 is 0. The Morgan fingerprint density at radius 1 is 1.11 bits per heavy atom. The molecule has 0 bridgehead atoms. The second kappa shape index (κ2) is 5.23. The van der Waals surface area contributed by atoms with Crippen molar-refractivity contribution in [2.75, 3.05) is 7.11 Å². The Morgan fingerprint density at radius 2 is 1.89 bits per heavy atom. The van der Waals surface area contributed by atoms with Gasteiger partial charge >= 0.3 is 0 Å². The van der Waals surface area contributed by atoms with E-state index in [4.69, 9.17) is 10.5 Å². The summed E-state index contributed by atoms with van der Waals surface area (Å²) in [6.07, 6.45) is 0. The van der Waals surface area contributed by atoms with E-state index in [0.717, 1.165) is 22.4 Å². The van der Waals surface area contributed by atoms with Crippen molar-refractivity contribution in [2.45, 2.75) is 19.9 Å². The highest BCUT2D eigenvalue weighted by Crippen LogP contribution is 2.31. The second-order valence-electron chi connectivity index (χ2n) is 4.62. The van der Waals surface area contributed by atoms with Crippen molar-refractivity contribution in [3.63, 3.8) is 0 Å². The van der Waals surface area contributed by atoms with Crippen LogP contribution in [0.3, 0.4) is 0 Å². The molecule has 0 aliphatic carbocycles. The molecule has 2 rings (SSSR count). The molecule has 2 N–H and O–H groups in total. The van der Waals surface area contributed by atoms with E-state index in [1.807, 2.05) is 19.1 Å². The van der Waals surface area contributed by atoms with Gasteiger partial charge in [0.15, 0.2) is 0 Å². The van der Waals surface area contributed by atoms with Gasteiger partial charge in [0.25, 0.3) is 0 Å². The van der Waals surface area contributed by atoms with Crippen LogP contribution in [0.25, 0.3) is 11.1 Å². The van der Waals surface area contributed by atoms with Gasteiger partial charge in [0.1, 0.15) is 5.75 Å². The van der Waals surface area contributed by atoms with Crippen molar-refractivity contribution >= 4 is 0 Å². The molecule has 0 fully saturated rings. The van der Waals surface area contributed by atoms with E-state index < -0.39 is 0 Å². The third-order valence-electron chi connectivity index (χ3n) is 3.08. The van der Waals surface area contributed by atoms with Gasteiger partial charge in [0, 0.05) is 11.6 Å². The Bertz CT molecular complexity index is 547. The lowest BCUT2D eigenvalue weighted by Gasteiger charge is -2.12. The van der Waals surface area contributed by atoms with Crippen LogP contribution in [0.5, 0.6) is 5.75 Å². The van der Waals surface area contributed by atoms with Crippen LogP contribution >= 0.6 is 0 Å². The zero-order valence-electron chi connectivity index (χ0n) is 11.1. The van der Waals surface area contributed by atoms with Crippen LogP contribution in [0.2, 0.25) is 0 Å². The van der Waals surface area contributed by atoms with Gasteiger partial charge in [0.05, 0.1) is 7.11 Å².